The summed E-state index contributed by atoms with van der Waals surface area (Å²) in [6.45, 7) is -1.42. The molecule has 1 rings (SSSR count). The molecule has 0 saturated heterocycles. The molecular weight excluding hydrogens is 283 g/mol. The summed E-state index contributed by atoms with van der Waals surface area (Å²) >= 11 is 5.88. The SMILES string of the molecule is CNC(COCC(F)(F)F)c1cc(Cl)ccc1OC. The zero-order valence-electron chi connectivity index (χ0n) is 10.6. The van der Waals surface area contributed by atoms with Crippen LogP contribution in [0.5, 0.6) is 5.75 Å². The van der Waals surface area contributed by atoms with Crippen LogP contribution < -0.4 is 10.1 Å². The lowest BCUT2D eigenvalue weighted by Crippen LogP contribution is -2.26. The maximum atomic E-state index is 12.0. The largest absolute Gasteiger partial charge is 0.496 e. The second kappa shape index (κ2) is 6.98. The van der Waals surface area contributed by atoms with Gasteiger partial charge in [-0.2, -0.15) is 13.2 Å². The van der Waals surface area contributed by atoms with Gasteiger partial charge in [-0.25, -0.2) is 0 Å². The molecule has 0 aliphatic rings. The maximum absolute atomic E-state index is 12.0. The van der Waals surface area contributed by atoms with Gasteiger partial charge in [-0.15, -0.1) is 0 Å². The number of rotatable bonds is 6. The molecule has 0 heterocycles. The first-order valence-corrected chi connectivity index (χ1v) is 5.90. The molecule has 0 fully saturated rings. The molecule has 19 heavy (non-hydrogen) atoms. The monoisotopic (exact) mass is 297 g/mol. The van der Waals surface area contributed by atoms with Crippen molar-refractivity contribution >= 4 is 11.6 Å². The minimum absolute atomic E-state index is 0.132. The Morgan fingerprint density at radius 1 is 1.37 bits per heavy atom. The van der Waals surface area contributed by atoms with Gasteiger partial charge in [0, 0.05) is 10.6 Å². The van der Waals surface area contributed by atoms with E-state index in [1.807, 2.05) is 0 Å². The van der Waals surface area contributed by atoms with Crippen molar-refractivity contribution in [1.82, 2.24) is 5.32 Å². The molecule has 0 amide bonds. The van der Waals surface area contributed by atoms with E-state index in [-0.39, 0.29) is 6.61 Å². The molecule has 1 N–H and O–H groups in total. The lowest BCUT2D eigenvalue weighted by atomic mass is 10.1. The molecule has 1 atom stereocenters. The third-order valence-electron chi connectivity index (χ3n) is 2.47. The first-order valence-electron chi connectivity index (χ1n) is 5.52. The van der Waals surface area contributed by atoms with Gasteiger partial charge in [0.25, 0.3) is 0 Å². The van der Waals surface area contributed by atoms with Crippen LogP contribution in [-0.2, 0) is 4.74 Å². The van der Waals surface area contributed by atoms with E-state index in [0.717, 1.165) is 0 Å². The molecule has 3 nitrogen and oxygen atoms in total. The van der Waals surface area contributed by atoms with Crippen molar-refractivity contribution in [2.75, 3.05) is 27.4 Å². The van der Waals surface area contributed by atoms with Gasteiger partial charge in [-0.3, -0.25) is 0 Å². The second-order valence-corrected chi connectivity index (χ2v) is 4.29. The molecule has 1 unspecified atom stereocenters. The van der Waals surface area contributed by atoms with E-state index >= 15 is 0 Å². The summed E-state index contributed by atoms with van der Waals surface area (Å²) in [7, 11) is 3.11. The fourth-order valence-electron chi connectivity index (χ4n) is 1.60. The molecule has 108 valence electrons. The third kappa shape index (κ3) is 5.26. The summed E-state index contributed by atoms with van der Waals surface area (Å²) in [6.07, 6.45) is -4.34. The molecule has 0 aromatic heterocycles. The quantitative estimate of drug-likeness (QED) is 0.875. The van der Waals surface area contributed by atoms with Crippen molar-refractivity contribution in [3.63, 3.8) is 0 Å². The highest BCUT2D eigenvalue weighted by Crippen LogP contribution is 2.28. The van der Waals surface area contributed by atoms with Gasteiger partial charge in [0.05, 0.1) is 19.8 Å². The highest BCUT2D eigenvalue weighted by Gasteiger charge is 2.28. The zero-order valence-corrected chi connectivity index (χ0v) is 11.3. The van der Waals surface area contributed by atoms with Gasteiger partial charge in [-0.05, 0) is 25.2 Å². The number of methoxy groups -OCH3 is 1. The number of hydrogen-bond donors (Lipinski definition) is 1. The molecule has 0 spiro atoms. The number of ether oxygens (including phenoxy) is 2. The van der Waals surface area contributed by atoms with Gasteiger partial charge in [0.2, 0.25) is 0 Å². The average molecular weight is 298 g/mol. The summed E-state index contributed by atoms with van der Waals surface area (Å²) < 4.78 is 45.9. The fraction of sp³-hybridized carbons (Fsp3) is 0.500. The van der Waals surface area contributed by atoms with E-state index in [1.54, 1.807) is 25.2 Å². The van der Waals surface area contributed by atoms with Crippen LogP contribution in [-0.4, -0.2) is 33.5 Å². The topological polar surface area (TPSA) is 30.5 Å². The fourth-order valence-corrected chi connectivity index (χ4v) is 1.78. The van der Waals surface area contributed by atoms with Crippen LogP contribution >= 0.6 is 11.6 Å². The summed E-state index contributed by atoms with van der Waals surface area (Å²) in [5.74, 6) is 0.541. The van der Waals surface area contributed by atoms with E-state index in [0.29, 0.717) is 16.3 Å². The Kier molecular flexibility index (Phi) is 5.90. The summed E-state index contributed by atoms with van der Waals surface area (Å²) in [6, 6.07) is 4.51. The van der Waals surface area contributed by atoms with Gasteiger partial charge >= 0.3 is 6.18 Å². The first-order chi connectivity index (χ1) is 8.87. The van der Waals surface area contributed by atoms with Crippen molar-refractivity contribution in [1.29, 1.82) is 0 Å². The molecule has 0 saturated carbocycles. The van der Waals surface area contributed by atoms with Crippen molar-refractivity contribution in [2.24, 2.45) is 0 Å². The zero-order chi connectivity index (χ0) is 14.5. The van der Waals surface area contributed by atoms with Gasteiger partial charge in [-0.1, -0.05) is 11.6 Å². The number of likely N-dealkylation sites (N-methyl/N-ethyl adjacent to an activating group) is 1. The minimum Gasteiger partial charge on any atom is -0.496 e. The lowest BCUT2D eigenvalue weighted by Gasteiger charge is -2.20. The molecule has 0 aliphatic carbocycles. The number of halogens is 4. The van der Waals surface area contributed by atoms with E-state index in [2.05, 4.69) is 10.1 Å². The second-order valence-electron chi connectivity index (χ2n) is 3.86. The molecular formula is C12H15ClF3NO2. The summed E-state index contributed by atoms with van der Waals surface area (Å²) in [5.41, 5.74) is 0.652. The van der Waals surface area contributed by atoms with Crippen LogP contribution in [0.25, 0.3) is 0 Å². The van der Waals surface area contributed by atoms with Crippen LogP contribution in [0.3, 0.4) is 0 Å². The van der Waals surface area contributed by atoms with Crippen LogP contribution in [0.15, 0.2) is 18.2 Å². The van der Waals surface area contributed by atoms with E-state index in [4.69, 9.17) is 16.3 Å². The third-order valence-corrected chi connectivity index (χ3v) is 2.70. The van der Waals surface area contributed by atoms with Crippen molar-refractivity contribution < 1.29 is 22.6 Å². The molecule has 1 aromatic rings. The molecule has 0 aliphatic heterocycles. The van der Waals surface area contributed by atoms with Crippen LogP contribution in [0, 0.1) is 0 Å². The molecule has 7 heteroatoms. The number of nitrogens with one attached hydrogen (secondary N) is 1. The first kappa shape index (κ1) is 16.1. The number of alkyl halides is 3. The van der Waals surface area contributed by atoms with Crippen LogP contribution in [0.4, 0.5) is 13.2 Å². The Hall–Kier alpha value is -0.980. The normalized spacial score (nSPS) is 13.4. The Morgan fingerprint density at radius 3 is 2.58 bits per heavy atom. The predicted molar refractivity (Wildman–Crippen MR) is 66.7 cm³/mol. The van der Waals surface area contributed by atoms with E-state index in [9.17, 15) is 13.2 Å². The smallest absolute Gasteiger partial charge is 0.411 e. The Labute approximate surface area is 114 Å². The van der Waals surface area contributed by atoms with E-state index in [1.165, 1.54) is 7.11 Å². The van der Waals surface area contributed by atoms with Crippen molar-refractivity contribution in [3.8, 4) is 5.75 Å². The highest BCUT2D eigenvalue weighted by atomic mass is 35.5. The van der Waals surface area contributed by atoms with Crippen molar-refractivity contribution in [3.05, 3.63) is 28.8 Å². The predicted octanol–water partition coefficient (Wildman–Crippen LogP) is 3.19. The van der Waals surface area contributed by atoms with Gasteiger partial charge < -0.3 is 14.8 Å². The van der Waals surface area contributed by atoms with Crippen LogP contribution in [0.2, 0.25) is 5.02 Å². The van der Waals surface area contributed by atoms with Crippen LogP contribution in [0.1, 0.15) is 11.6 Å². The number of benzene rings is 1. The van der Waals surface area contributed by atoms with E-state index < -0.39 is 18.8 Å². The summed E-state index contributed by atoms with van der Waals surface area (Å²) in [5, 5.41) is 3.35. The van der Waals surface area contributed by atoms with Gasteiger partial charge in [0.1, 0.15) is 12.4 Å². The molecule has 0 bridgehead atoms. The Balaban J connectivity index is 2.76. The Bertz CT molecular complexity index is 412. The molecule has 1 aromatic carbocycles. The highest BCUT2D eigenvalue weighted by molar-refractivity contribution is 6.30. The Morgan fingerprint density at radius 2 is 2.05 bits per heavy atom. The minimum atomic E-state index is -4.34. The molecule has 0 radical (unpaired) electrons. The number of hydrogen-bond acceptors (Lipinski definition) is 3. The van der Waals surface area contributed by atoms with Gasteiger partial charge in [0.15, 0.2) is 0 Å². The lowest BCUT2D eigenvalue weighted by molar-refractivity contribution is -0.175. The van der Waals surface area contributed by atoms with Crippen molar-refractivity contribution in [2.45, 2.75) is 12.2 Å². The summed E-state index contributed by atoms with van der Waals surface area (Å²) in [4.78, 5) is 0. The standard InChI is InChI=1S/C12H15ClF3NO2/c1-17-10(6-19-7-12(14,15)16)9-5-8(13)3-4-11(9)18-2/h3-5,10,17H,6-7H2,1-2H3. The average Bonchev–Trinajstić information content (AvgIpc) is 2.33. The maximum Gasteiger partial charge on any atom is 0.411 e.